The van der Waals surface area contributed by atoms with Gasteiger partial charge in [0.15, 0.2) is 0 Å². The van der Waals surface area contributed by atoms with Crippen molar-refractivity contribution in [3.05, 3.63) is 87.9 Å². The number of aromatic nitrogens is 2. The fourth-order valence-corrected chi connectivity index (χ4v) is 3.51. The number of benzene rings is 2. The number of nitrogens with two attached hydrogens (primary N) is 1. The SMILES string of the molecule is NC(=O)c1cn(CC(CCCc2cccc(Cl)c2Cl)OCc2ccccc2)cn1. The van der Waals surface area contributed by atoms with Crippen LogP contribution in [0.5, 0.6) is 0 Å². The number of carbonyl (C=O) groups excluding carboxylic acids is 1. The molecule has 1 atom stereocenters. The van der Waals surface area contributed by atoms with E-state index in [9.17, 15) is 4.79 Å². The van der Waals surface area contributed by atoms with Gasteiger partial charge in [0.25, 0.3) is 5.91 Å². The largest absolute Gasteiger partial charge is 0.372 e. The number of imidazole rings is 1. The predicted octanol–water partition coefficient (Wildman–Crippen LogP) is 4.90. The molecule has 3 rings (SSSR count). The average molecular weight is 432 g/mol. The molecule has 5 nitrogen and oxygen atoms in total. The van der Waals surface area contributed by atoms with Gasteiger partial charge in [-0.25, -0.2) is 4.98 Å². The van der Waals surface area contributed by atoms with Crippen LogP contribution in [0.1, 0.15) is 34.5 Å². The number of hydrogen-bond acceptors (Lipinski definition) is 3. The summed E-state index contributed by atoms with van der Waals surface area (Å²) < 4.78 is 8.01. The van der Waals surface area contributed by atoms with Gasteiger partial charge in [0.2, 0.25) is 0 Å². The van der Waals surface area contributed by atoms with Crippen molar-refractivity contribution in [1.29, 1.82) is 0 Å². The van der Waals surface area contributed by atoms with Gasteiger partial charge in [-0.1, -0.05) is 65.7 Å². The third kappa shape index (κ3) is 6.32. The first-order valence-corrected chi connectivity index (χ1v) is 10.2. The van der Waals surface area contributed by atoms with Crippen LogP contribution in [-0.4, -0.2) is 21.6 Å². The highest BCUT2D eigenvalue weighted by Gasteiger charge is 2.14. The van der Waals surface area contributed by atoms with Gasteiger partial charge in [0.05, 0.1) is 29.1 Å². The minimum Gasteiger partial charge on any atom is -0.372 e. The van der Waals surface area contributed by atoms with Crippen LogP contribution in [0.4, 0.5) is 0 Å². The average Bonchev–Trinajstić information content (AvgIpc) is 3.19. The highest BCUT2D eigenvalue weighted by atomic mass is 35.5. The molecule has 1 unspecified atom stereocenters. The van der Waals surface area contributed by atoms with Crippen molar-refractivity contribution in [3.63, 3.8) is 0 Å². The molecule has 0 bridgehead atoms. The number of primary amides is 1. The Labute approximate surface area is 180 Å². The predicted molar refractivity (Wildman–Crippen MR) is 115 cm³/mol. The Hall–Kier alpha value is -2.34. The molecule has 1 amide bonds. The summed E-state index contributed by atoms with van der Waals surface area (Å²) in [6.45, 7) is 1.09. The molecule has 0 saturated heterocycles. The smallest absolute Gasteiger partial charge is 0.268 e. The fourth-order valence-electron chi connectivity index (χ4n) is 3.10. The lowest BCUT2D eigenvalue weighted by molar-refractivity contribution is 0.0225. The van der Waals surface area contributed by atoms with Crippen LogP contribution in [0.3, 0.4) is 0 Å². The van der Waals surface area contributed by atoms with Crippen LogP contribution in [0.2, 0.25) is 10.0 Å². The van der Waals surface area contributed by atoms with Crippen LogP contribution < -0.4 is 5.73 Å². The number of halogens is 2. The molecule has 0 aliphatic carbocycles. The van der Waals surface area contributed by atoms with Crippen molar-refractivity contribution >= 4 is 29.1 Å². The van der Waals surface area contributed by atoms with Crippen molar-refractivity contribution in [2.24, 2.45) is 5.73 Å². The molecule has 1 heterocycles. The lowest BCUT2D eigenvalue weighted by Gasteiger charge is -2.19. The van der Waals surface area contributed by atoms with Crippen LogP contribution >= 0.6 is 23.2 Å². The Balaban J connectivity index is 1.62. The highest BCUT2D eigenvalue weighted by Crippen LogP contribution is 2.27. The Morgan fingerprint density at radius 1 is 1.14 bits per heavy atom. The Kier molecular flexibility index (Phi) is 7.69. The zero-order chi connectivity index (χ0) is 20.6. The van der Waals surface area contributed by atoms with Crippen LogP contribution in [0.25, 0.3) is 0 Å². The number of amides is 1. The van der Waals surface area contributed by atoms with Crippen molar-refractivity contribution in [1.82, 2.24) is 9.55 Å². The molecule has 0 aliphatic rings. The number of aryl methyl sites for hydroxylation is 1. The third-order valence-corrected chi connectivity index (χ3v) is 5.49. The number of ether oxygens (including phenoxy) is 1. The van der Waals surface area contributed by atoms with Gasteiger partial charge < -0.3 is 15.0 Å². The number of carbonyl (C=O) groups is 1. The van der Waals surface area contributed by atoms with E-state index in [1.54, 1.807) is 18.6 Å². The van der Waals surface area contributed by atoms with E-state index in [1.807, 2.05) is 47.0 Å². The van der Waals surface area contributed by atoms with Crippen molar-refractivity contribution < 1.29 is 9.53 Å². The maximum atomic E-state index is 11.3. The summed E-state index contributed by atoms with van der Waals surface area (Å²) in [4.78, 5) is 15.3. The Bertz CT molecular complexity index is 944. The van der Waals surface area contributed by atoms with E-state index in [2.05, 4.69) is 4.98 Å². The van der Waals surface area contributed by atoms with E-state index in [4.69, 9.17) is 33.7 Å². The molecule has 7 heteroatoms. The van der Waals surface area contributed by atoms with Crippen LogP contribution in [0.15, 0.2) is 61.1 Å². The second kappa shape index (κ2) is 10.4. The highest BCUT2D eigenvalue weighted by molar-refractivity contribution is 6.42. The van der Waals surface area contributed by atoms with E-state index in [-0.39, 0.29) is 11.8 Å². The molecule has 152 valence electrons. The molecular formula is C22H23Cl2N3O2. The van der Waals surface area contributed by atoms with Gasteiger partial charge in [0.1, 0.15) is 5.69 Å². The summed E-state index contributed by atoms with van der Waals surface area (Å²) in [5, 5.41) is 1.18. The van der Waals surface area contributed by atoms with Gasteiger partial charge in [-0.15, -0.1) is 0 Å². The van der Waals surface area contributed by atoms with E-state index in [0.717, 1.165) is 30.4 Å². The molecule has 2 aromatic carbocycles. The molecule has 1 aromatic heterocycles. The normalized spacial score (nSPS) is 12.1. The van der Waals surface area contributed by atoms with Gasteiger partial charge >= 0.3 is 0 Å². The molecular weight excluding hydrogens is 409 g/mol. The van der Waals surface area contributed by atoms with E-state index in [1.165, 1.54) is 0 Å². The summed E-state index contributed by atoms with van der Waals surface area (Å²) >= 11 is 12.4. The first kappa shape index (κ1) is 21.4. The second-order valence-corrected chi connectivity index (χ2v) is 7.63. The molecule has 0 radical (unpaired) electrons. The monoisotopic (exact) mass is 431 g/mol. The number of rotatable bonds is 10. The van der Waals surface area contributed by atoms with Gasteiger partial charge in [-0.3, -0.25) is 4.79 Å². The van der Waals surface area contributed by atoms with E-state index < -0.39 is 5.91 Å². The molecule has 3 aromatic rings. The molecule has 0 saturated carbocycles. The molecule has 29 heavy (non-hydrogen) atoms. The number of hydrogen-bond donors (Lipinski definition) is 1. The summed E-state index contributed by atoms with van der Waals surface area (Å²) in [5.74, 6) is -0.541. The zero-order valence-corrected chi connectivity index (χ0v) is 17.4. The standard InChI is InChI=1S/C22H23Cl2N3O2/c23-19-11-5-9-17(21(19)24)8-4-10-18(29-14-16-6-2-1-3-7-16)12-27-13-20(22(25)28)26-15-27/h1-3,5-7,9,11,13,15,18H,4,8,10,12,14H2,(H2,25,28). The summed E-state index contributed by atoms with van der Waals surface area (Å²) in [5.41, 5.74) is 7.68. The first-order valence-electron chi connectivity index (χ1n) is 9.43. The van der Waals surface area contributed by atoms with Crippen LogP contribution in [-0.2, 0) is 24.3 Å². The Morgan fingerprint density at radius 3 is 2.66 bits per heavy atom. The lowest BCUT2D eigenvalue weighted by Crippen LogP contribution is -2.20. The first-order chi connectivity index (χ1) is 14.0. The molecule has 0 aliphatic heterocycles. The Morgan fingerprint density at radius 2 is 1.93 bits per heavy atom. The van der Waals surface area contributed by atoms with Crippen LogP contribution in [0, 0.1) is 0 Å². The minimum absolute atomic E-state index is 0.0527. The fraction of sp³-hybridized carbons (Fsp3) is 0.273. The van der Waals surface area contributed by atoms with Gasteiger partial charge in [0, 0.05) is 12.7 Å². The third-order valence-electron chi connectivity index (χ3n) is 4.63. The molecule has 0 spiro atoms. The lowest BCUT2D eigenvalue weighted by atomic mass is 10.1. The summed E-state index contributed by atoms with van der Waals surface area (Å²) in [6.07, 6.45) is 5.71. The quantitative estimate of drug-likeness (QED) is 0.496. The van der Waals surface area contributed by atoms with E-state index >= 15 is 0 Å². The minimum atomic E-state index is -0.541. The molecule has 2 N–H and O–H groups in total. The second-order valence-electron chi connectivity index (χ2n) is 6.84. The number of nitrogens with zero attached hydrogens (tertiary/aromatic N) is 2. The van der Waals surface area contributed by atoms with E-state index in [0.29, 0.717) is 23.2 Å². The maximum absolute atomic E-state index is 11.3. The summed E-state index contributed by atoms with van der Waals surface area (Å²) in [6, 6.07) is 15.7. The molecule has 0 fully saturated rings. The van der Waals surface area contributed by atoms with Gasteiger partial charge in [-0.05, 0) is 36.5 Å². The maximum Gasteiger partial charge on any atom is 0.268 e. The zero-order valence-electron chi connectivity index (χ0n) is 15.9. The van der Waals surface area contributed by atoms with Crippen molar-refractivity contribution in [3.8, 4) is 0 Å². The van der Waals surface area contributed by atoms with Gasteiger partial charge in [-0.2, -0.15) is 0 Å². The van der Waals surface area contributed by atoms with Crippen molar-refractivity contribution in [2.75, 3.05) is 0 Å². The summed E-state index contributed by atoms with van der Waals surface area (Å²) in [7, 11) is 0. The van der Waals surface area contributed by atoms with Crippen molar-refractivity contribution in [2.45, 2.75) is 38.5 Å². The topological polar surface area (TPSA) is 70.1 Å².